The van der Waals surface area contributed by atoms with Crippen LogP contribution < -0.4 is 15.5 Å². The van der Waals surface area contributed by atoms with Crippen molar-refractivity contribution in [3.8, 4) is 0 Å². The molecular formula is C24H31N3O2. The fourth-order valence-electron chi connectivity index (χ4n) is 3.48. The van der Waals surface area contributed by atoms with Crippen LogP contribution in [-0.4, -0.2) is 31.4 Å². The van der Waals surface area contributed by atoms with E-state index in [1.165, 1.54) is 24.1 Å². The zero-order chi connectivity index (χ0) is 20.7. The summed E-state index contributed by atoms with van der Waals surface area (Å²) >= 11 is 0. The molecule has 2 N–H and O–H groups in total. The summed E-state index contributed by atoms with van der Waals surface area (Å²) in [7, 11) is 0. The van der Waals surface area contributed by atoms with Crippen LogP contribution in [0, 0.1) is 5.41 Å². The quantitative estimate of drug-likeness (QED) is 0.526. The van der Waals surface area contributed by atoms with E-state index in [2.05, 4.69) is 27.7 Å². The molecule has 2 amide bonds. The van der Waals surface area contributed by atoms with Crippen LogP contribution in [0.25, 0.3) is 0 Å². The maximum Gasteiger partial charge on any atom is 0.239 e. The molecule has 0 spiro atoms. The molecule has 29 heavy (non-hydrogen) atoms. The van der Waals surface area contributed by atoms with E-state index in [0.717, 1.165) is 25.9 Å². The maximum absolute atomic E-state index is 12.7. The van der Waals surface area contributed by atoms with Gasteiger partial charge in [0.25, 0.3) is 0 Å². The van der Waals surface area contributed by atoms with Crippen molar-refractivity contribution in [1.29, 1.82) is 0 Å². The Bertz CT molecular complexity index is 810. The second-order valence-corrected chi connectivity index (χ2v) is 8.17. The number of aryl methyl sites for hydroxylation is 1. The first-order chi connectivity index (χ1) is 14.0. The van der Waals surface area contributed by atoms with Crippen molar-refractivity contribution in [3.05, 3.63) is 60.2 Å². The number of amides is 2. The van der Waals surface area contributed by atoms with E-state index >= 15 is 0 Å². The Balaban J connectivity index is 1.47. The summed E-state index contributed by atoms with van der Waals surface area (Å²) in [6.07, 6.45) is 4.20. The molecule has 5 heteroatoms. The molecule has 0 saturated carbocycles. The van der Waals surface area contributed by atoms with Gasteiger partial charge >= 0.3 is 0 Å². The molecule has 0 radical (unpaired) electrons. The highest BCUT2D eigenvalue weighted by Crippen LogP contribution is 2.24. The number of hydrogen-bond donors (Lipinski definition) is 2. The molecule has 2 aromatic carbocycles. The molecule has 0 atom stereocenters. The molecule has 1 aliphatic heterocycles. The third-order valence-corrected chi connectivity index (χ3v) is 5.50. The molecule has 1 fully saturated rings. The summed E-state index contributed by atoms with van der Waals surface area (Å²) in [5.41, 5.74) is 2.00. The van der Waals surface area contributed by atoms with Gasteiger partial charge in [0, 0.05) is 31.0 Å². The summed E-state index contributed by atoms with van der Waals surface area (Å²) in [5.74, 6) is -0.552. The monoisotopic (exact) mass is 393 g/mol. The van der Waals surface area contributed by atoms with E-state index in [1.807, 2.05) is 42.5 Å². The number of anilines is 2. The first-order valence-corrected chi connectivity index (χ1v) is 10.5. The van der Waals surface area contributed by atoms with Gasteiger partial charge in [-0.3, -0.25) is 9.59 Å². The van der Waals surface area contributed by atoms with Gasteiger partial charge in [-0.05, 0) is 69.4 Å². The number of rotatable bonds is 8. The van der Waals surface area contributed by atoms with E-state index in [0.29, 0.717) is 12.2 Å². The Kier molecular flexibility index (Phi) is 6.91. The molecule has 1 heterocycles. The lowest BCUT2D eigenvalue weighted by molar-refractivity contribution is -0.138. The molecule has 5 nitrogen and oxygen atoms in total. The third-order valence-electron chi connectivity index (χ3n) is 5.50. The van der Waals surface area contributed by atoms with Crippen molar-refractivity contribution in [2.75, 3.05) is 29.9 Å². The van der Waals surface area contributed by atoms with Crippen molar-refractivity contribution in [2.45, 2.75) is 39.5 Å². The van der Waals surface area contributed by atoms with Crippen molar-refractivity contribution in [3.63, 3.8) is 0 Å². The van der Waals surface area contributed by atoms with E-state index in [4.69, 9.17) is 0 Å². The van der Waals surface area contributed by atoms with Gasteiger partial charge in [0.15, 0.2) is 0 Å². The van der Waals surface area contributed by atoms with Crippen LogP contribution in [0.5, 0.6) is 0 Å². The molecule has 0 bridgehead atoms. The first-order valence-electron chi connectivity index (χ1n) is 10.5. The van der Waals surface area contributed by atoms with Crippen LogP contribution in [0.4, 0.5) is 11.4 Å². The van der Waals surface area contributed by atoms with Crippen LogP contribution >= 0.6 is 0 Å². The minimum Gasteiger partial charge on any atom is -0.372 e. The average Bonchev–Trinajstić information content (AvgIpc) is 3.27. The zero-order valence-electron chi connectivity index (χ0n) is 17.4. The first kappa shape index (κ1) is 20.9. The Morgan fingerprint density at radius 2 is 1.59 bits per heavy atom. The molecule has 1 saturated heterocycles. The summed E-state index contributed by atoms with van der Waals surface area (Å²) in [4.78, 5) is 27.6. The van der Waals surface area contributed by atoms with Crippen molar-refractivity contribution in [1.82, 2.24) is 5.32 Å². The van der Waals surface area contributed by atoms with Gasteiger partial charge in [0.05, 0.1) is 0 Å². The maximum atomic E-state index is 12.7. The van der Waals surface area contributed by atoms with Crippen molar-refractivity contribution >= 4 is 23.2 Å². The average molecular weight is 394 g/mol. The highest BCUT2D eigenvalue weighted by molar-refractivity contribution is 6.09. The Morgan fingerprint density at radius 1 is 0.931 bits per heavy atom. The zero-order valence-corrected chi connectivity index (χ0v) is 17.4. The molecule has 0 aliphatic carbocycles. The number of carbonyl (C=O) groups excluding carboxylic acids is 2. The third kappa shape index (κ3) is 5.59. The van der Waals surface area contributed by atoms with Crippen molar-refractivity contribution in [2.24, 2.45) is 5.41 Å². The van der Waals surface area contributed by atoms with E-state index in [1.54, 1.807) is 13.8 Å². The normalized spacial score (nSPS) is 13.9. The number of nitrogens with one attached hydrogen (secondary N) is 2. The molecule has 1 aliphatic rings. The molecule has 3 rings (SSSR count). The van der Waals surface area contributed by atoms with Crippen LogP contribution in [0.1, 0.15) is 38.7 Å². The van der Waals surface area contributed by atoms with Gasteiger partial charge in [0.2, 0.25) is 11.8 Å². The topological polar surface area (TPSA) is 61.4 Å². The number of benzene rings is 2. The van der Waals surface area contributed by atoms with E-state index in [-0.39, 0.29) is 11.8 Å². The van der Waals surface area contributed by atoms with Crippen molar-refractivity contribution < 1.29 is 9.59 Å². The van der Waals surface area contributed by atoms with Gasteiger partial charge < -0.3 is 15.5 Å². The van der Waals surface area contributed by atoms with Crippen LogP contribution in [0.3, 0.4) is 0 Å². The summed E-state index contributed by atoms with van der Waals surface area (Å²) in [6.45, 7) is 6.04. The van der Waals surface area contributed by atoms with E-state index in [9.17, 15) is 9.59 Å². The molecular weight excluding hydrogens is 362 g/mol. The predicted octanol–water partition coefficient (Wildman–Crippen LogP) is 4.00. The second kappa shape index (κ2) is 9.59. The highest BCUT2D eigenvalue weighted by atomic mass is 16.2. The fraction of sp³-hybridized carbons (Fsp3) is 0.417. The smallest absolute Gasteiger partial charge is 0.239 e. The second-order valence-electron chi connectivity index (χ2n) is 8.17. The summed E-state index contributed by atoms with van der Waals surface area (Å²) in [6, 6.07) is 18.0. The number of hydrogen-bond acceptors (Lipinski definition) is 3. The van der Waals surface area contributed by atoms with Gasteiger partial charge in [0.1, 0.15) is 5.41 Å². The summed E-state index contributed by atoms with van der Waals surface area (Å²) < 4.78 is 0. The minimum atomic E-state index is -1.14. The standard InChI is InChI=1S/C24H31N3O2/c1-24(2,22(28)25-16-8-11-19-9-4-3-5-10-19)23(29)26-20-12-14-21(15-13-20)27-17-6-7-18-27/h3-5,9-10,12-15H,6-8,11,16-18H2,1-2H3,(H,25,28)(H,26,29). The van der Waals surface area contributed by atoms with Gasteiger partial charge in [-0.25, -0.2) is 0 Å². The lowest BCUT2D eigenvalue weighted by atomic mass is 9.91. The van der Waals surface area contributed by atoms with E-state index < -0.39 is 5.41 Å². The molecule has 0 aromatic heterocycles. The SMILES string of the molecule is CC(C)(C(=O)NCCCc1ccccc1)C(=O)Nc1ccc(N2CCCC2)cc1. The Morgan fingerprint density at radius 3 is 2.24 bits per heavy atom. The fourth-order valence-corrected chi connectivity index (χ4v) is 3.48. The number of nitrogens with zero attached hydrogens (tertiary/aromatic N) is 1. The highest BCUT2D eigenvalue weighted by Gasteiger charge is 2.35. The Hall–Kier alpha value is -2.82. The molecule has 0 unspecified atom stereocenters. The van der Waals surface area contributed by atoms with Crippen LogP contribution in [0.2, 0.25) is 0 Å². The largest absolute Gasteiger partial charge is 0.372 e. The van der Waals surface area contributed by atoms with Gasteiger partial charge in [-0.2, -0.15) is 0 Å². The van der Waals surface area contributed by atoms with Gasteiger partial charge in [-0.15, -0.1) is 0 Å². The molecule has 154 valence electrons. The van der Waals surface area contributed by atoms with Crippen LogP contribution in [-0.2, 0) is 16.0 Å². The lowest BCUT2D eigenvalue weighted by Crippen LogP contribution is -2.45. The number of carbonyl (C=O) groups is 2. The predicted molar refractivity (Wildman–Crippen MR) is 118 cm³/mol. The summed E-state index contributed by atoms with van der Waals surface area (Å²) in [5, 5.41) is 5.78. The lowest BCUT2D eigenvalue weighted by Gasteiger charge is -2.23. The molecule has 2 aromatic rings. The minimum absolute atomic E-state index is 0.253. The van der Waals surface area contributed by atoms with Gasteiger partial charge in [-0.1, -0.05) is 30.3 Å². The Labute approximate surface area is 173 Å². The van der Waals surface area contributed by atoms with Crippen LogP contribution in [0.15, 0.2) is 54.6 Å².